The van der Waals surface area contributed by atoms with Crippen molar-refractivity contribution in [1.29, 1.82) is 0 Å². The zero-order valence-electron chi connectivity index (χ0n) is 17.1. The molecule has 0 atom stereocenters. The molecule has 2 aromatic carbocycles. The van der Waals surface area contributed by atoms with Crippen molar-refractivity contribution in [3.05, 3.63) is 77.4 Å². The van der Waals surface area contributed by atoms with Crippen LogP contribution >= 0.6 is 11.3 Å². The fourth-order valence-electron chi connectivity index (χ4n) is 2.79. The normalized spacial score (nSPS) is 11.4. The van der Waals surface area contributed by atoms with Gasteiger partial charge in [-0.05, 0) is 67.3 Å². The minimum absolute atomic E-state index is 0.0632. The van der Waals surface area contributed by atoms with E-state index < -0.39 is 28.3 Å². The third-order valence-corrected chi connectivity index (χ3v) is 7.37. The van der Waals surface area contributed by atoms with Crippen molar-refractivity contribution in [2.24, 2.45) is 0 Å². The number of nitrogens with one attached hydrogen (secondary N) is 1. The van der Waals surface area contributed by atoms with Crippen LogP contribution in [0.5, 0.6) is 5.75 Å². The van der Waals surface area contributed by atoms with Gasteiger partial charge in [0.1, 0.15) is 22.3 Å². The third-order valence-electron chi connectivity index (χ3n) is 4.23. The van der Waals surface area contributed by atoms with E-state index in [4.69, 9.17) is 4.74 Å². The third kappa shape index (κ3) is 6.05. The molecule has 6 nitrogen and oxygen atoms in total. The van der Waals surface area contributed by atoms with Gasteiger partial charge < -0.3 is 10.1 Å². The van der Waals surface area contributed by atoms with Gasteiger partial charge in [0.05, 0.1) is 11.8 Å². The summed E-state index contributed by atoms with van der Waals surface area (Å²) < 4.78 is 46.1. The standard InChI is InChI=1S/C22H23FN2O4S2/c1-16(2)29-20-11-5-17(6-12-20)14-24-21(26)15-25(19-9-7-18(23)8-10-19)31(27,28)22-4-3-13-30-22/h3-13,16H,14-15H2,1-2H3,(H,24,26). The Morgan fingerprint density at radius 1 is 1.10 bits per heavy atom. The van der Waals surface area contributed by atoms with Crippen LogP contribution in [-0.4, -0.2) is 27.0 Å². The van der Waals surface area contributed by atoms with Gasteiger partial charge in [-0.3, -0.25) is 9.10 Å². The van der Waals surface area contributed by atoms with Crippen LogP contribution in [0.3, 0.4) is 0 Å². The molecule has 0 aliphatic heterocycles. The topological polar surface area (TPSA) is 75.7 Å². The maximum absolute atomic E-state index is 13.3. The maximum Gasteiger partial charge on any atom is 0.274 e. The van der Waals surface area contributed by atoms with Crippen LogP contribution in [0.1, 0.15) is 19.4 Å². The first-order valence-corrected chi connectivity index (χ1v) is 11.9. The molecule has 1 amide bonds. The predicted octanol–water partition coefficient (Wildman–Crippen LogP) is 4.19. The summed E-state index contributed by atoms with van der Waals surface area (Å²) in [6.45, 7) is 3.67. The molecule has 1 heterocycles. The molecule has 0 unspecified atom stereocenters. The monoisotopic (exact) mass is 462 g/mol. The van der Waals surface area contributed by atoms with Gasteiger partial charge in [0.15, 0.2) is 0 Å². The number of carbonyl (C=O) groups is 1. The minimum Gasteiger partial charge on any atom is -0.491 e. The summed E-state index contributed by atoms with van der Waals surface area (Å²) in [4.78, 5) is 12.6. The highest BCUT2D eigenvalue weighted by atomic mass is 32.2. The lowest BCUT2D eigenvalue weighted by Gasteiger charge is -2.23. The number of hydrogen-bond acceptors (Lipinski definition) is 5. The van der Waals surface area contributed by atoms with Crippen LogP contribution < -0.4 is 14.4 Å². The second-order valence-electron chi connectivity index (χ2n) is 7.01. The maximum atomic E-state index is 13.3. The fraction of sp³-hybridized carbons (Fsp3) is 0.227. The van der Waals surface area contributed by atoms with Gasteiger partial charge in [-0.25, -0.2) is 12.8 Å². The minimum atomic E-state index is -3.97. The highest BCUT2D eigenvalue weighted by Crippen LogP contribution is 2.26. The lowest BCUT2D eigenvalue weighted by Crippen LogP contribution is -2.40. The Bertz CT molecular complexity index is 1100. The summed E-state index contributed by atoms with van der Waals surface area (Å²) in [5, 5.41) is 4.37. The van der Waals surface area contributed by atoms with Crippen molar-refractivity contribution in [1.82, 2.24) is 5.32 Å². The largest absolute Gasteiger partial charge is 0.491 e. The number of hydrogen-bond donors (Lipinski definition) is 1. The molecule has 0 saturated carbocycles. The summed E-state index contributed by atoms with van der Waals surface area (Å²) >= 11 is 1.05. The average molecular weight is 463 g/mol. The number of carbonyl (C=O) groups excluding carboxylic acids is 1. The van der Waals surface area contributed by atoms with E-state index in [1.807, 2.05) is 38.1 Å². The molecule has 0 fully saturated rings. The van der Waals surface area contributed by atoms with Crippen molar-refractivity contribution in [2.45, 2.75) is 30.7 Å². The van der Waals surface area contributed by atoms with E-state index in [0.717, 1.165) is 39.1 Å². The highest BCUT2D eigenvalue weighted by Gasteiger charge is 2.28. The van der Waals surface area contributed by atoms with Crippen molar-refractivity contribution < 1.29 is 22.3 Å². The summed E-state index contributed by atoms with van der Waals surface area (Å²) in [7, 11) is -3.97. The number of rotatable bonds is 9. The molecule has 1 N–H and O–H groups in total. The summed E-state index contributed by atoms with van der Waals surface area (Å²) in [6, 6.07) is 15.4. The average Bonchev–Trinajstić information content (AvgIpc) is 3.28. The van der Waals surface area contributed by atoms with E-state index in [0.29, 0.717) is 0 Å². The molecule has 0 aliphatic carbocycles. The lowest BCUT2D eigenvalue weighted by molar-refractivity contribution is -0.119. The second-order valence-corrected chi connectivity index (χ2v) is 10.0. The van der Waals surface area contributed by atoms with Crippen molar-refractivity contribution in [3.8, 4) is 5.75 Å². The van der Waals surface area contributed by atoms with Crippen LogP contribution in [0, 0.1) is 5.82 Å². The van der Waals surface area contributed by atoms with Gasteiger partial charge in [-0.2, -0.15) is 0 Å². The van der Waals surface area contributed by atoms with Crippen LogP contribution in [-0.2, 0) is 21.4 Å². The molecule has 31 heavy (non-hydrogen) atoms. The molecule has 0 saturated heterocycles. The number of thiophene rings is 1. The molecule has 3 rings (SSSR count). The van der Waals surface area contributed by atoms with E-state index in [2.05, 4.69) is 5.32 Å². The molecule has 164 valence electrons. The summed E-state index contributed by atoms with van der Waals surface area (Å²) in [6.07, 6.45) is 0.0632. The number of sulfonamides is 1. The molecule has 0 bridgehead atoms. The smallest absolute Gasteiger partial charge is 0.274 e. The van der Waals surface area contributed by atoms with E-state index >= 15 is 0 Å². The van der Waals surface area contributed by atoms with Crippen LogP contribution in [0.4, 0.5) is 10.1 Å². The fourth-order valence-corrected chi connectivity index (χ4v) is 5.31. The van der Waals surface area contributed by atoms with Crippen LogP contribution in [0.15, 0.2) is 70.3 Å². The first-order chi connectivity index (χ1) is 14.8. The van der Waals surface area contributed by atoms with Gasteiger partial charge >= 0.3 is 0 Å². The Labute approximate surface area is 185 Å². The SMILES string of the molecule is CC(C)Oc1ccc(CNC(=O)CN(c2ccc(F)cc2)S(=O)(=O)c2cccs2)cc1. The molecular weight excluding hydrogens is 439 g/mol. The number of amides is 1. The van der Waals surface area contributed by atoms with Gasteiger partial charge in [-0.15, -0.1) is 11.3 Å². The number of anilines is 1. The van der Waals surface area contributed by atoms with Crippen LogP contribution in [0.25, 0.3) is 0 Å². The van der Waals surface area contributed by atoms with E-state index in [1.54, 1.807) is 11.4 Å². The van der Waals surface area contributed by atoms with Gasteiger partial charge in [0, 0.05) is 6.54 Å². The van der Waals surface area contributed by atoms with Gasteiger partial charge in [-0.1, -0.05) is 18.2 Å². The van der Waals surface area contributed by atoms with Crippen molar-refractivity contribution in [2.75, 3.05) is 10.8 Å². The first kappa shape index (κ1) is 22.8. The molecule has 1 aromatic heterocycles. The molecule has 0 aliphatic rings. The number of benzene rings is 2. The number of ether oxygens (including phenoxy) is 1. The van der Waals surface area contributed by atoms with E-state index in [9.17, 15) is 17.6 Å². The first-order valence-electron chi connectivity index (χ1n) is 9.60. The Kier molecular flexibility index (Phi) is 7.29. The van der Waals surface area contributed by atoms with Crippen molar-refractivity contribution >= 4 is 33.0 Å². The zero-order valence-corrected chi connectivity index (χ0v) is 18.8. The van der Waals surface area contributed by atoms with Gasteiger partial charge in [0.25, 0.3) is 10.0 Å². The van der Waals surface area contributed by atoms with E-state index in [-0.39, 0.29) is 22.5 Å². The zero-order chi connectivity index (χ0) is 22.4. The Balaban J connectivity index is 1.72. The Morgan fingerprint density at radius 2 is 1.77 bits per heavy atom. The molecule has 0 radical (unpaired) electrons. The molecule has 3 aromatic rings. The molecule has 0 spiro atoms. The van der Waals surface area contributed by atoms with Crippen LogP contribution in [0.2, 0.25) is 0 Å². The van der Waals surface area contributed by atoms with Gasteiger partial charge in [0.2, 0.25) is 5.91 Å². The lowest BCUT2D eigenvalue weighted by atomic mass is 10.2. The molecular formula is C22H23FN2O4S2. The Hall–Kier alpha value is -2.91. The van der Waals surface area contributed by atoms with E-state index in [1.165, 1.54) is 18.2 Å². The summed E-state index contributed by atoms with van der Waals surface area (Å²) in [5.74, 6) is -0.242. The second kappa shape index (κ2) is 9.93. The Morgan fingerprint density at radius 3 is 2.35 bits per heavy atom. The number of halogens is 1. The van der Waals surface area contributed by atoms with Crippen molar-refractivity contribution in [3.63, 3.8) is 0 Å². The number of nitrogens with zero attached hydrogens (tertiary/aromatic N) is 1. The quantitative estimate of drug-likeness (QED) is 0.518. The molecule has 9 heteroatoms. The highest BCUT2D eigenvalue weighted by molar-refractivity contribution is 7.94. The summed E-state index contributed by atoms with van der Waals surface area (Å²) in [5.41, 5.74) is 1.05. The predicted molar refractivity (Wildman–Crippen MR) is 119 cm³/mol.